The Morgan fingerprint density at radius 1 is 1.29 bits per heavy atom. The van der Waals surface area contributed by atoms with E-state index in [1.165, 1.54) is 6.07 Å². The van der Waals surface area contributed by atoms with Crippen molar-refractivity contribution in [3.05, 3.63) is 22.1 Å². The maximum atomic E-state index is 11.6. The van der Waals surface area contributed by atoms with Crippen molar-refractivity contribution in [1.29, 1.82) is 0 Å². The highest BCUT2D eigenvalue weighted by molar-refractivity contribution is 7.99. The summed E-state index contributed by atoms with van der Waals surface area (Å²) in [4.78, 5) is 41.1. The monoisotopic (exact) mass is 312 g/mol. The maximum Gasteiger partial charge on any atom is 0.251 e. The number of likely N-dealkylation sites (N-methyl/N-ethyl adjacent to an activating group) is 1. The Bertz CT molecular complexity index is 544. The lowest BCUT2D eigenvalue weighted by Gasteiger charge is -2.05. The van der Waals surface area contributed by atoms with Crippen LogP contribution in [-0.4, -0.2) is 40.6 Å². The Morgan fingerprint density at radius 2 is 2.05 bits per heavy atom. The van der Waals surface area contributed by atoms with Gasteiger partial charge >= 0.3 is 0 Å². The van der Waals surface area contributed by atoms with Crippen molar-refractivity contribution >= 4 is 23.6 Å². The highest BCUT2D eigenvalue weighted by atomic mass is 32.2. The molecule has 0 radical (unpaired) electrons. The molecule has 7 nitrogen and oxygen atoms in total. The van der Waals surface area contributed by atoms with Crippen molar-refractivity contribution in [2.24, 2.45) is 0 Å². The van der Waals surface area contributed by atoms with Gasteiger partial charge in [-0.25, -0.2) is 4.98 Å². The maximum absolute atomic E-state index is 11.6. The van der Waals surface area contributed by atoms with Crippen LogP contribution < -0.4 is 16.2 Å². The Morgan fingerprint density at radius 3 is 2.71 bits per heavy atom. The van der Waals surface area contributed by atoms with Crippen LogP contribution in [0.1, 0.15) is 26.0 Å². The van der Waals surface area contributed by atoms with Gasteiger partial charge in [-0.2, -0.15) is 0 Å². The van der Waals surface area contributed by atoms with Crippen LogP contribution >= 0.6 is 11.8 Å². The fraction of sp³-hybridized carbons (Fsp3) is 0.538. The van der Waals surface area contributed by atoms with E-state index < -0.39 is 0 Å². The number of aryl methyl sites for hydroxylation is 1. The molecular weight excluding hydrogens is 292 g/mol. The molecule has 1 aromatic heterocycles. The molecule has 0 bridgehead atoms. The van der Waals surface area contributed by atoms with Crippen molar-refractivity contribution in [3.8, 4) is 0 Å². The van der Waals surface area contributed by atoms with E-state index in [2.05, 4.69) is 20.6 Å². The van der Waals surface area contributed by atoms with E-state index in [4.69, 9.17) is 0 Å². The quantitative estimate of drug-likeness (QED) is 0.465. The molecule has 0 atom stereocenters. The van der Waals surface area contributed by atoms with Gasteiger partial charge in [-0.3, -0.25) is 14.4 Å². The molecule has 0 aliphatic rings. The zero-order valence-corrected chi connectivity index (χ0v) is 13.0. The minimum Gasteiger partial charge on any atom is -0.355 e. The van der Waals surface area contributed by atoms with E-state index in [9.17, 15) is 14.4 Å². The minimum absolute atomic E-state index is 0.0486. The number of rotatable bonds is 8. The van der Waals surface area contributed by atoms with E-state index in [0.717, 1.165) is 24.6 Å². The topological polar surface area (TPSA) is 104 Å². The van der Waals surface area contributed by atoms with Gasteiger partial charge in [0.1, 0.15) is 0 Å². The van der Waals surface area contributed by atoms with E-state index in [1.54, 1.807) is 6.92 Å². The van der Waals surface area contributed by atoms with Crippen LogP contribution in [0.15, 0.2) is 16.0 Å². The van der Waals surface area contributed by atoms with Crippen molar-refractivity contribution in [3.63, 3.8) is 0 Å². The number of aromatic nitrogens is 2. The second kappa shape index (κ2) is 9.17. The molecule has 1 aromatic rings. The average Bonchev–Trinajstić information content (AvgIpc) is 2.43. The lowest BCUT2D eigenvalue weighted by Crippen LogP contribution is -2.37. The summed E-state index contributed by atoms with van der Waals surface area (Å²) in [6.45, 7) is 4.29. The van der Waals surface area contributed by atoms with E-state index in [1.807, 2.05) is 6.92 Å². The van der Waals surface area contributed by atoms with Gasteiger partial charge in [-0.1, -0.05) is 25.1 Å². The van der Waals surface area contributed by atoms with Gasteiger partial charge < -0.3 is 15.6 Å². The number of H-pyrrole nitrogens is 1. The zero-order chi connectivity index (χ0) is 15.7. The number of nitrogens with one attached hydrogen (secondary N) is 3. The number of thioether (sulfide) groups is 1. The third kappa shape index (κ3) is 6.94. The number of nitrogens with zero attached hydrogens (tertiary/aromatic N) is 1. The molecule has 0 unspecified atom stereocenters. The molecule has 3 N–H and O–H groups in total. The van der Waals surface area contributed by atoms with Gasteiger partial charge in [0.25, 0.3) is 5.56 Å². The van der Waals surface area contributed by atoms with Crippen molar-refractivity contribution in [2.75, 3.05) is 18.8 Å². The number of carbonyl (C=O) groups is 2. The molecule has 0 aromatic carbocycles. The molecule has 0 saturated heterocycles. The molecule has 0 aliphatic heterocycles. The molecule has 0 aliphatic carbocycles. The van der Waals surface area contributed by atoms with Crippen LogP contribution in [0.3, 0.4) is 0 Å². The molecule has 1 rings (SSSR count). The number of hydrogen-bond donors (Lipinski definition) is 3. The van der Waals surface area contributed by atoms with Crippen LogP contribution in [0.25, 0.3) is 0 Å². The van der Waals surface area contributed by atoms with Crippen LogP contribution in [-0.2, 0) is 16.0 Å². The molecule has 0 spiro atoms. The Kier molecular flexibility index (Phi) is 7.52. The molecular formula is C13H20N4O3S. The molecule has 2 amide bonds. The summed E-state index contributed by atoms with van der Waals surface area (Å²) in [5, 5.41) is 5.50. The smallest absolute Gasteiger partial charge is 0.251 e. The van der Waals surface area contributed by atoms with Gasteiger partial charge in [-0.05, 0) is 13.3 Å². The molecule has 0 fully saturated rings. The molecule has 8 heteroatoms. The lowest BCUT2D eigenvalue weighted by molar-refractivity contribution is -0.124. The SMILES string of the molecule is CCCc1cc(=O)[nH]c(SCC(=O)NCC(=O)NCC)n1. The van der Waals surface area contributed by atoms with Gasteiger partial charge in [-0.15, -0.1) is 0 Å². The summed E-state index contributed by atoms with van der Waals surface area (Å²) in [5.74, 6) is -0.417. The second-order valence-corrected chi connectivity index (χ2v) is 5.27. The minimum atomic E-state index is -0.283. The lowest BCUT2D eigenvalue weighted by atomic mass is 10.2. The normalized spacial score (nSPS) is 10.2. The number of hydrogen-bond acceptors (Lipinski definition) is 5. The molecule has 116 valence electrons. The summed E-state index contributed by atoms with van der Waals surface area (Å²) >= 11 is 1.14. The van der Waals surface area contributed by atoms with Crippen LogP contribution in [0, 0.1) is 0 Å². The van der Waals surface area contributed by atoms with Crippen LogP contribution in [0.2, 0.25) is 0 Å². The van der Waals surface area contributed by atoms with Gasteiger partial charge in [0.05, 0.1) is 12.3 Å². The predicted octanol–water partition coefficient (Wildman–Crippen LogP) is 0.0668. The number of amides is 2. The highest BCUT2D eigenvalue weighted by Gasteiger charge is 2.07. The molecule has 0 saturated carbocycles. The first kappa shape index (κ1) is 17.2. The third-order valence-electron chi connectivity index (χ3n) is 2.44. The van der Waals surface area contributed by atoms with Crippen LogP contribution in [0.4, 0.5) is 0 Å². The first-order chi connectivity index (χ1) is 10.0. The van der Waals surface area contributed by atoms with Crippen molar-refractivity contribution in [2.45, 2.75) is 31.8 Å². The first-order valence-electron chi connectivity index (χ1n) is 6.81. The standard InChI is InChI=1S/C13H20N4O3S/c1-3-5-9-6-10(18)17-13(16-9)21-8-12(20)15-7-11(19)14-4-2/h6H,3-5,7-8H2,1-2H3,(H,14,19)(H,15,20)(H,16,17,18). The second-order valence-electron chi connectivity index (χ2n) is 4.31. The van der Waals surface area contributed by atoms with Gasteiger partial charge in [0, 0.05) is 18.3 Å². The fourth-order valence-corrected chi connectivity index (χ4v) is 2.28. The number of carbonyl (C=O) groups excluding carboxylic acids is 2. The van der Waals surface area contributed by atoms with E-state index in [-0.39, 0.29) is 29.7 Å². The zero-order valence-electron chi connectivity index (χ0n) is 12.2. The summed E-state index contributed by atoms with van der Waals surface area (Å²) in [6.07, 6.45) is 1.62. The first-order valence-corrected chi connectivity index (χ1v) is 7.80. The summed E-state index contributed by atoms with van der Waals surface area (Å²) in [5.41, 5.74) is 0.491. The van der Waals surface area contributed by atoms with Crippen molar-refractivity contribution in [1.82, 2.24) is 20.6 Å². The molecule has 21 heavy (non-hydrogen) atoms. The van der Waals surface area contributed by atoms with Gasteiger partial charge in [0.2, 0.25) is 11.8 Å². The third-order valence-corrected chi connectivity index (χ3v) is 3.31. The van der Waals surface area contributed by atoms with E-state index in [0.29, 0.717) is 17.4 Å². The summed E-state index contributed by atoms with van der Waals surface area (Å²) in [6, 6.07) is 1.46. The average molecular weight is 312 g/mol. The van der Waals surface area contributed by atoms with Crippen LogP contribution in [0.5, 0.6) is 0 Å². The van der Waals surface area contributed by atoms with Crippen molar-refractivity contribution < 1.29 is 9.59 Å². The largest absolute Gasteiger partial charge is 0.355 e. The Balaban J connectivity index is 2.45. The number of aromatic amines is 1. The Hall–Kier alpha value is -1.83. The summed E-state index contributed by atoms with van der Waals surface area (Å²) in [7, 11) is 0. The van der Waals surface area contributed by atoms with E-state index >= 15 is 0 Å². The summed E-state index contributed by atoms with van der Waals surface area (Å²) < 4.78 is 0. The molecule has 1 heterocycles. The van der Waals surface area contributed by atoms with Gasteiger partial charge in [0.15, 0.2) is 5.16 Å². The highest BCUT2D eigenvalue weighted by Crippen LogP contribution is 2.11. The predicted molar refractivity (Wildman–Crippen MR) is 81.3 cm³/mol. The fourth-order valence-electron chi connectivity index (χ4n) is 1.56. The Labute approximate surface area is 127 Å².